The van der Waals surface area contributed by atoms with Crippen molar-refractivity contribution in [3.8, 4) is 0 Å². The highest BCUT2D eigenvalue weighted by Gasteiger charge is 2.07. The lowest BCUT2D eigenvalue weighted by atomic mass is 10.3. The van der Waals surface area contributed by atoms with Crippen LogP contribution in [-0.2, 0) is 12.6 Å². The van der Waals surface area contributed by atoms with Gasteiger partial charge in [0.05, 0.1) is 12.2 Å². The minimum absolute atomic E-state index is 0.168. The zero-order valence-corrected chi connectivity index (χ0v) is 6.03. The Labute approximate surface area is 59.7 Å². The largest absolute Gasteiger partial charge is 0.790 e. The van der Waals surface area contributed by atoms with Gasteiger partial charge in [0.1, 0.15) is 0 Å². The van der Waals surface area contributed by atoms with E-state index in [1.54, 1.807) is 0 Å². The van der Waals surface area contributed by atoms with Crippen LogP contribution in [0.4, 0.5) is 0 Å². The minimum Gasteiger partial charge on any atom is -0.790 e. The van der Waals surface area contributed by atoms with Gasteiger partial charge >= 0.3 is 0 Å². The van der Waals surface area contributed by atoms with Crippen LogP contribution in [0.15, 0.2) is 0 Å². The van der Waals surface area contributed by atoms with Gasteiger partial charge < -0.3 is 22.8 Å². The number of hydrogen-bond donors (Lipinski definition) is 3. The van der Waals surface area contributed by atoms with Crippen LogP contribution in [0.25, 0.3) is 0 Å². The normalized spacial score (nSPS) is 18.0. The molecule has 0 aliphatic rings. The number of rotatable bonds is 3. The maximum absolute atomic E-state index is 8.73. The Hall–Kier alpha value is 0.620. The molecule has 0 amide bonds. The Bertz CT molecular complexity index is 52.0. The molecular formula is C4H9O2S2-. The molecule has 2 N–H and O–H groups in total. The van der Waals surface area contributed by atoms with Crippen molar-refractivity contribution < 1.29 is 10.2 Å². The summed E-state index contributed by atoms with van der Waals surface area (Å²) in [5.74, 6) is 0.430. The Morgan fingerprint density at radius 1 is 1.38 bits per heavy atom. The Morgan fingerprint density at radius 3 is 2.00 bits per heavy atom. The predicted molar refractivity (Wildman–Crippen MR) is 38.1 cm³/mol. The molecule has 0 spiro atoms. The molecule has 0 unspecified atom stereocenters. The van der Waals surface area contributed by atoms with E-state index in [0.717, 1.165) is 0 Å². The van der Waals surface area contributed by atoms with Gasteiger partial charge in [-0.2, -0.15) is 12.6 Å². The second-order valence-electron chi connectivity index (χ2n) is 1.48. The molecule has 0 aromatic heterocycles. The van der Waals surface area contributed by atoms with Gasteiger partial charge in [-0.1, -0.05) is 0 Å². The molecule has 0 heterocycles. The second kappa shape index (κ2) is 4.49. The van der Waals surface area contributed by atoms with Crippen molar-refractivity contribution in [1.82, 2.24) is 0 Å². The third kappa shape index (κ3) is 2.81. The van der Waals surface area contributed by atoms with Crippen molar-refractivity contribution in [2.75, 3.05) is 11.5 Å². The van der Waals surface area contributed by atoms with Crippen molar-refractivity contribution in [2.45, 2.75) is 12.2 Å². The Kier molecular flexibility index (Phi) is 4.84. The number of aliphatic hydroxyl groups excluding tert-OH is 2. The molecule has 0 aliphatic heterocycles. The summed E-state index contributed by atoms with van der Waals surface area (Å²) in [6.07, 6.45) is -1.56. The van der Waals surface area contributed by atoms with Crippen LogP contribution in [0.2, 0.25) is 0 Å². The number of aliphatic hydroxyl groups is 2. The van der Waals surface area contributed by atoms with Crippen LogP contribution in [0.5, 0.6) is 0 Å². The third-order valence-electron chi connectivity index (χ3n) is 0.802. The molecule has 0 saturated carbocycles. The lowest BCUT2D eigenvalue weighted by molar-refractivity contribution is 0.0503. The summed E-state index contributed by atoms with van der Waals surface area (Å²) in [6, 6.07) is 0. The van der Waals surface area contributed by atoms with E-state index >= 15 is 0 Å². The van der Waals surface area contributed by atoms with Crippen LogP contribution in [0, 0.1) is 0 Å². The Morgan fingerprint density at radius 2 is 1.88 bits per heavy atom. The first-order valence-electron chi connectivity index (χ1n) is 2.27. The average molecular weight is 153 g/mol. The summed E-state index contributed by atoms with van der Waals surface area (Å²) in [4.78, 5) is 0. The van der Waals surface area contributed by atoms with Crippen molar-refractivity contribution in [2.24, 2.45) is 0 Å². The quantitative estimate of drug-likeness (QED) is 0.367. The molecular weight excluding hydrogens is 144 g/mol. The standard InChI is InChI=1S/C4H10O2S2/c5-3(1-7)4(6)2-8/h3-8H,1-2H2/p-1/t3-,4-/m0/s1. The van der Waals surface area contributed by atoms with E-state index in [1.165, 1.54) is 0 Å². The fraction of sp³-hybridized carbons (Fsp3) is 1.00. The van der Waals surface area contributed by atoms with Crippen molar-refractivity contribution >= 4 is 25.3 Å². The molecule has 4 heteroatoms. The summed E-state index contributed by atoms with van der Waals surface area (Å²) in [5.41, 5.74) is 0. The van der Waals surface area contributed by atoms with Crippen LogP contribution in [0.1, 0.15) is 0 Å². The van der Waals surface area contributed by atoms with Gasteiger partial charge in [0.2, 0.25) is 0 Å². The summed E-state index contributed by atoms with van der Waals surface area (Å²) < 4.78 is 0. The van der Waals surface area contributed by atoms with E-state index in [9.17, 15) is 0 Å². The molecule has 0 saturated heterocycles. The van der Waals surface area contributed by atoms with Crippen LogP contribution in [-0.4, -0.2) is 33.9 Å². The molecule has 8 heavy (non-hydrogen) atoms. The topological polar surface area (TPSA) is 40.5 Å². The molecule has 0 radical (unpaired) electrons. The first-order chi connectivity index (χ1) is 3.72. The maximum Gasteiger partial charge on any atom is 0.0867 e. The molecule has 0 aromatic rings. The van der Waals surface area contributed by atoms with Crippen LogP contribution in [0.3, 0.4) is 0 Å². The summed E-state index contributed by atoms with van der Waals surface area (Å²) in [5, 5.41) is 17.5. The monoisotopic (exact) mass is 153 g/mol. The van der Waals surface area contributed by atoms with Gasteiger partial charge in [0.25, 0.3) is 0 Å². The maximum atomic E-state index is 8.73. The first-order valence-corrected chi connectivity index (χ1v) is 3.48. The summed E-state index contributed by atoms with van der Waals surface area (Å²) in [6.45, 7) is 0. The predicted octanol–water partition coefficient (Wildman–Crippen LogP) is -0.815. The van der Waals surface area contributed by atoms with Gasteiger partial charge in [-0.05, 0) is 0 Å². The van der Waals surface area contributed by atoms with E-state index in [0.29, 0.717) is 0 Å². The molecule has 2 nitrogen and oxygen atoms in total. The van der Waals surface area contributed by atoms with Gasteiger partial charge in [-0.3, -0.25) is 0 Å². The van der Waals surface area contributed by atoms with Crippen LogP contribution >= 0.6 is 12.6 Å². The zero-order valence-electron chi connectivity index (χ0n) is 4.32. The molecule has 2 atom stereocenters. The van der Waals surface area contributed by atoms with E-state index in [1.807, 2.05) is 0 Å². The van der Waals surface area contributed by atoms with Crippen LogP contribution < -0.4 is 0 Å². The summed E-state index contributed by atoms with van der Waals surface area (Å²) >= 11 is 8.23. The second-order valence-corrected chi connectivity index (χ2v) is 2.18. The van der Waals surface area contributed by atoms with Crippen molar-refractivity contribution in [3.63, 3.8) is 0 Å². The SMILES string of the molecule is O[C@@H](C[S-])[C@@H](O)CS. The highest BCUT2D eigenvalue weighted by molar-refractivity contribution is 7.80. The molecule has 0 fully saturated rings. The van der Waals surface area contributed by atoms with E-state index in [4.69, 9.17) is 10.2 Å². The average Bonchev–Trinajstić information content (AvgIpc) is 1.84. The molecule has 50 valence electrons. The molecule has 0 aliphatic carbocycles. The van der Waals surface area contributed by atoms with E-state index in [2.05, 4.69) is 25.3 Å². The smallest absolute Gasteiger partial charge is 0.0867 e. The van der Waals surface area contributed by atoms with Gasteiger partial charge in [0.15, 0.2) is 0 Å². The number of thiol groups is 1. The fourth-order valence-corrected chi connectivity index (χ4v) is 0.698. The third-order valence-corrected chi connectivity index (χ3v) is 1.52. The Balaban J connectivity index is 3.29. The molecule has 0 aromatic carbocycles. The lowest BCUT2D eigenvalue weighted by Crippen LogP contribution is -2.29. The lowest BCUT2D eigenvalue weighted by Gasteiger charge is -2.17. The number of hydrogen-bond acceptors (Lipinski definition) is 4. The van der Waals surface area contributed by atoms with E-state index < -0.39 is 12.2 Å². The van der Waals surface area contributed by atoms with Gasteiger partial charge in [-0.15, -0.1) is 5.75 Å². The fourth-order valence-electron chi connectivity index (χ4n) is 0.233. The first kappa shape index (κ1) is 8.62. The van der Waals surface area contributed by atoms with Crippen molar-refractivity contribution in [1.29, 1.82) is 0 Å². The highest BCUT2D eigenvalue weighted by Crippen LogP contribution is 1.93. The van der Waals surface area contributed by atoms with Gasteiger partial charge in [-0.25, -0.2) is 0 Å². The zero-order chi connectivity index (χ0) is 6.57. The van der Waals surface area contributed by atoms with E-state index in [-0.39, 0.29) is 11.5 Å². The summed E-state index contributed by atoms with van der Waals surface area (Å²) in [7, 11) is 0. The minimum atomic E-state index is -0.789. The van der Waals surface area contributed by atoms with Crippen molar-refractivity contribution in [3.05, 3.63) is 0 Å². The molecule has 0 rings (SSSR count). The highest BCUT2D eigenvalue weighted by atomic mass is 32.1. The van der Waals surface area contributed by atoms with Gasteiger partial charge in [0, 0.05) is 5.75 Å². The molecule has 0 bridgehead atoms.